The monoisotopic (exact) mass is 297 g/mol. The number of halogens is 1. The summed E-state index contributed by atoms with van der Waals surface area (Å²) in [5, 5.41) is 0. The number of ketones is 1. The molecule has 1 atom stereocenters. The maximum absolute atomic E-state index is 11.8. The molecule has 0 saturated heterocycles. The minimum atomic E-state index is -0.244. The highest BCUT2D eigenvalue weighted by molar-refractivity contribution is 9.10. The van der Waals surface area contributed by atoms with E-state index in [1.165, 1.54) is 4.90 Å². The summed E-state index contributed by atoms with van der Waals surface area (Å²) in [5.41, 5.74) is 1.21. The van der Waals surface area contributed by atoms with Crippen LogP contribution in [-0.4, -0.2) is 30.2 Å². The van der Waals surface area contributed by atoms with Crippen LogP contribution in [0.2, 0.25) is 0 Å². The van der Waals surface area contributed by atoms with Crippen LogP contribution in [0.4, 0.5) is 5.69 Å². The van der Waals surface area contributed by atoms with Crippen molar-refractivity contribution in [3.05, 3.63) is 23.8 Å². The molecular formula is C12H12BrNO3. The first-order valence-electron chi connectivity index (χ1n) is 5.22. The quantitative estimate of drug-likeness (QED) is 0.620. The van der Waals surface area contributed by atoms with Gasteiger partial charge in [-0.2, -0.15) is 0 Å². The first kappa shape index (κ1) is 12.1. The predicted octanol–water partition coefficient (Wildman–Crippen LogP) is 2.01. The lowest BCUT2D eigenvalue weighted by Gasteiger charge is -2.26. The number of nitrogens with zero attached hydrogens (tertiary/aromatic N) is 1. The van der Waals surface area contributed by atoms with Gasteiger partial charge in [0, 0.05) is 12.6 Å². The largest absolute Gasteiger partial charge is 0.482 e. The number of rotatable bonds is 2. The minimum Gasteiger partial charge on any atom is -0.482 e. The van der Waals surface area contributed by atoms with Crippen LogP contribution >= 0.6 is 15.9 Å². The fourth-order valence-electron chi connectivity index (χ4n) is 1.66. The Bertz CT molecular complexity index is 485. The fourth-order valence-corrected chi connectivity index (χ4v) is 1.92. The number of hydrogen-bond acceptors (Lipinski definition) is 3. The molecule has 0 fully saturated rings. The van der Waals surface area contributed by atoms with Gasteiger partial charge in [0.15, 0.2) is 12.4 Å². The normalized spacial score (nSPS) is 16.2. The summed E-state index contributed by atoms with van der Waals surface area (Å²) in [6, 6.07) is 5.12. The van der Waals surface area contributed by atoms with Crippen LogP contribution in [0.3, 0.4) is 0 Å². The van der Waals surface area contributed by atoms with Crippen molar-refractivity contribution in [3.8, 4) is 5.75 Å². The van der Waals surface area contributed by atoms with Crippen LogP contribution < -0.4 is 9.64 Å². The molecule has 1 amide bonds. The lowest BCUT2D eigenvalue weighted by molar-refractivity contribution is -0.120. The summed E-state index contributed by atoms with van der Waals surface area (Å²) in [6.45, 7) is 1.82. The second-order valence-electron chi connectivity index (χ2n) is 3.90. The average molecular weight is 298 g/mol. The molecule has 0 saturated carbocycles. The molecule has 1 aromatic carbocycles. The smallest absolute Gasteiger partial charge is 0.264 e. The van der Waals surface area contributed by atoms with Gasteiger partial charge in [-0.1, -0.05) is 15.9 Å². The van der Waals surface area contributed by atoms with Gasteiger partial charge in [0.25, 0.3) is 5.91 Å². The highest BCUT2D eigenvalue weighted by atomic mass is 79.9. The van der Waals surface area contributed by atoms with Crippen molar-refractivity contribution < 1.29 is 14.3 Å². The number of amides is 1. The molecule has 0 spiro atoms. The van der Waals surface area contributed by atoms with Crippen molar-refractivity contribution >= 4 is 33.3 Å². The highest BCUT2D eigenvalue weighted by Gasteiger charge is 2.23. The molecular weight excluding hydrogens is 286 g/mol. The van der Waals surface area contributed by atoms with Crippen LogP contribution in [0.5, 0.6) is 5.75 Å². The van der Waals surface area contributed by atoms with Gasteiger partial charge in [0.05, 0.1) is 10.5 Å². The molecule has 17 heavy (non-hydrogen) atoms. The van der Waals surface area contributed by atoms with Crippen molar-refractivity contribution in [1.29, 1.82) is 0 Å². The molecule has 90 valence electrons. The number of Topliss-reactive ketones (excluding diaryl/α,β-unsaturated/α-hetero) is 1. The molecule has 1 aromatic rings. The molecule has 1 aliphatic heterocycles. The maximum Gasteiger partial charge on any atom is 0.264 e. The summed E-state index contributed by atoms with van der Waals surface area (Å²) in [4.78, 5) is 24.6. The number of fused-ring (bicyclic) bond motifs is 1. The molecule has 5 heteroatoms. The van der Waals surface area contributed by atoms with Crippen LogP contribution in [0, 0.1) is 0 Å². The first-order valence-corrected chi connectivity index (χ1v) is 6.14. The Labute approximate surface area is 108 Å². The van der Waals surface area contributed by atoms with Crippen molar-refractivity contribution in [2.75, 3.05) is 18.6 Å². The third-order valence-corrected chi connectivity index (χ3v) is 3.11. The van der Waals surface area contributed by atoms with Gasteiger partial charge >= 0.3 is 0 Å². The minimum absolute atomic E-state index is 0.0146. The second kappa shape index (κ2) is 4.49. The Morgan fingerprint density at radius 3 is 2.88 bits per heavy atom. The van der Waals surface area contributed by atoms with Crippen molar-refractivity contribution in [1.82, 2.24) is 0 Å². The average Bonchev–Trinajstić information content (AvgIpc) is 2.32. The Hall–Kier alpha value is -1.36. The Morgan fingerprint density at radius 2 is 2.24 bits per heavy atom. The third-order valence-electron chi connectivity index (χ3n) is 2.69. The highest BCUT2D eigenvalue weighted by Crippen LogP contribution is 2.32. The molecule has 0 aromatic heterocycles. The summed E-state index contributed by atoms with van der Waals surface area (Å²) in [5.74, 6) is 0.499. The molecule has 0 N–H and O–H groups in total. The van der Waals surface area contributed by atoms with E-state index in [1.807, 2.05) is 0 Å². The summed E-state index contributed by atoms with van der Waals surface area (Å²) >= 11 is 3.24. The predicted molar refractivity (Wildman–Crippen MR) is 68.1 cm³/mol. The van der Waals surface area contributed by atoms with Gasteiger partial charge in [-0.3, -0.25) is 9.59 Å². The number of alkyl halides is 1. The van der Waals surface area contributed by atoms with Gasteiger partial charge in [-0.05, 0) is 25.1 Å². The molecule has 1 aliphatic rings. The lowest BCUT2D eigenvalue weighted by atomic mass is 10.1. The topological polar surface area (TPSA) is 46.6 Å². The molecule has 1 heterocycles. The Kier molecular flexibility index (Phi) is 3.19. The number of carbonyl (C=O) groups is 2. The molecule has 0 radical (unpaired) electrons. The maximum atomic E-state index is 11.8. The molecule has 4 nitrogen and oxygen atoms in total. The Morgan fingerprint density at radius 1 is 1.53 bits per heavy atom. The molecule has 1 unspecified atom stereocenters. The zero-order valence-corrected chi connectivity index (χ0v) is 11.2. The summed E-state index contributed by atoms with van der Waals surface area (Å²) in [7, 11) is 1.68. The van der Waals surface area contributed by atoms with E-state index in [2.05, 4.69) is 15.9 Å². The zero-order chi connectivity index (χ0) is 12.6. The SMILES string of the molecule is CC(Br)C(=O)c1ccc2c(c1)N(C)C(=O)CO2. The van der Waals surface area contributed by atoms with Crippen LogP contribution in [0.25, 0.3) is 0 Å². The van der Waals surface area contributed by atoms with Gasteiger partial charge in [0.1, 0.15) is 5.75 Å². The molecule has 2 rings (SSSR count). The van der Waals surface area contributed by atoms with Crippen molar-refractivity contribution in [3.63, 3.8) is 0 Å². The van der Waals surface area contributed by atoms with E-state index in [4.69, 9.17) is 4.74 Å². The summed E-state index contributed by atoms with van der Waals surface area (Å²) in [6.07, 6.45) is 0. The van der Waals surface area contributed by atoms with Crippen LogP contribution in [0.15, 0.2) is 18.2 Å². The van der Waals surface area contributed by atoms with Gasteiger partial charge in [-0.15, -0.1) is 0 Å². The number of hydrogen-bond donors (Lipinski definition) is 0. The van der Waals surface area contributed by atoms with Crippen LogP contribution in [0.1, 0.15) is 17.3 Å². The fraction of sp³-hybridized carbons (Fsp3) is 0.333. The Balaban J connectivity index is 2.42. The summed E-state index contributed by atoms with van der Waals surface area (Å²) < 4.78 is 5.29. The van der Waals surface area contributed by atoms with E-state index in [1.54, 1.807) is 32.2 Å². The van der Waals surface area contributed by atoms with Gasteiger partial charge in [0.2, 0.25) is 0 Å². The first-order chi connectivity index (χ1) is 8.00. The van der Waals surface area contributed by atoms with Gasteiger partial charge < -0.3 is 9.64 Å². The number of likely N-dealkylation sites (N-methyl/N-ethyl adjacent to an activating group) is 1. The van der Waals surface area contributed by atoms with E-state index >= 15 is 0 Å². The van der Waals surface area contributed by atoms with Crippen molar-refractivity contribution in [2.24, 2.45) is 0 Å². The lowest BCUT2D eigenvalue weighted by Crippen LogP contribution is -2.35. The van der Waals surface area contributed by atoms with Crippen LogP contribution in [-0.2, 0) is 4.79 Å². The second-order valence-corrected chi connectivity index (χ2v) is 5.28. The zero-order valence-electron chi connectivity index (χ0n) is 9.57. The van der Waals surface area contributed by atoms with E-state index in [9.17, 15) is 9.59 Å². The number of benzene rings is 1. The van der Waals surface area contributed by atoms with E-state index < -0.39 is 0 Å². The van der Waals surface area contributed by atoms with E-state index in [0.29, 0.717) is 17.0 Å². The van der Waals surface area contributed by atoms with E-state index in [-0.39, 0.29) is 23.1 Å². The molecule has 0 aliphatic carbocycles. The number of ether oxygens (including phenoxy) is 1. The third kappa shape index (κ3) is 2.20. The van der Waals surface area contributed by atoms with Crippen molar-refractivity contribution in [2.45, 2.75) is 11.8 Å². The number of carbonyl (C=O) groups excluding carboxylic acids is 2. The van der Waals surface area contributed by atoms with E-state index in [0.717, 1.165) is 0 Å². The standard InChI is InChI=1S/C12H12BrNO3/c1-7(13)12(16)8-3-4-10-9(5-8)14(2)11(15)6-17-10/h3-5,7H,6H2,1-2H3. The van der Waals surface area contributed by atoms with Gasteiger partial charge in [-0.25, -0.2) is 0 Å². The number of anilines is 1. The molecule has 0 bridgehead atoms.